The summed E-state index contributed by atoms with van der Waals surface area (Å²) in [4.78, 5) is 32.8. The fourth-order valence-corrected chi connectivity index (χ4v) is 6.90. The summed E-state index contributed by atoms with van der Waals surface area (Å²) in [7, 11) is 6.20. The predicted molar refractivity (Wildman–Crippen MR) is 273 cm³/mol. The molecule has 0 spiro atoms. The highest BCUT2D eigenvalue weighted by atomic mass is 16.5. The van der Waals surface area contributed by atoms with E-state index >= 15 is 0 Å². The van der Waals surface area contributed by atoms with E-state index in [0.29, 0.717) is 34.1 Å². The molecule has 6 aromatic rings. The molecule has 6 aromatic carbocycles. The lowest BCUT2D eigenvalue weighted by atomic mass is 9.96. The van der Waals surface area contributed by atoms with E-state index in [-0.39, 0.29) is 6.54 Å². The van der Waals surface area contributed by atoms with Crippen LogP contribution in [0.1, 0.15) is 63.1 Å². The lowest BCUT2D eigenvalue weighted by Gasteiger charge is -2.25. The second-order valence-corrected chi connectivity index (χ2v) is 16.3. The maximum absolute atomic E-state index is 11.5. The third kappa shape index (κ3) is 14.2. The summed E-state index contributed by atoms with van der Waals surface area (Å²) in [5, 5.41) is 38.2. The molecule has 0 saturated carbocycles. The number of aliphatic hydroxyl groups excluding tert-OH is 2. The smallest absolute Gasteiger partial charge is 0.326 e. The molecule has 0 bridgehead atoms. The highest BCUT2D eigenvalue weighted by Gasteiger charge is 2.32. The number of aldehydes is 1. The van der Waals surface area contributed by atoms with Gasteiger partial charge in [0.25, 0.3) is 0 Å². The number of carbonyl (C=O) groups excluding carboxylic acids is 1. The molecule has 13 heteroatoms. The first-order chi connectivity index (χ1) is 33.0. The van der Waals surface area contributed by atoms with Crippen LogP contribution >= 0.6 is 0 Å². The van der Waals surface area contributed by atoms with Crippen molar-refractivity contribution < 1.29 is 53.8 Å². The highest BCUT2D eigenvalue weighted by molar-refractivity contribution is 5.86. The molecule has 0 heterocycles. The predicted octanol–water partition coefficient (Wildman–Crippen LogP) is 9.22. The van der Waals surface area contributed by atoms with Crippen LogP contribution in [0, 0.1) is 13.8 Å². The molecule has 7 N–H and O–H groups in total. The van der Waals surface area contributed by atoms with Crippen LogP contribution < -0.4 is 30.0 Å². The van der Waals surface area contributed by atoms with Gasteiger partial charge >= 0.3 is 11.9 Å². The van der Waals surface area contributed by atoms with Gasteiger partial charge in [0.05, 0.1) is 47.2 Å². The summed E-state index contributed by atoms with van der Waals surface area (Å²) in [5.74, 6) is -0.211. The van der Waals surface area contributed by atoms with Crippen molar-refractivity contribution in [2.45, 2.75) is 45.3 Å². The molecule has 0 aliphatic carbocycles. The Morgan fingerprint density at radius 3 is 1.30 bits per heavy atom. The van der Waals surface area contributed by atoms with E-state index in [9.17, 15) is 24.6 Å². The van der Waals surface area contributed by atoms with Gasteiger partial charge < -0.3 is 45.1 Å². The number of carbonyl (C=O) groups is 3. The Balaban J connectivity index is 0.000000264. The van der Waals surface area contributed by atoms with E-state index in [1.165, 1.54) is 47.2 Å². The number of nitrogens with one attached hydrogen (secondary N) is 1. The van der Waals surface area contributed by atoms with Crippen molar-refractivity contribution in [3.8, 4) is 45.3 Å². The fourth-order valence-electron chi connectivity index (χ4n) is 6.90. The summed E-state index contributed by atoms with van der Waals surface area (Å²) in [6.07, 6.45) is 8.86. The molecule has 0 unspecified atom stereocenters. The van der Waals surface area contributed by atoms with Gasteiger partial charge in [-0.1, -0.05) is 121 Å². The van der Waals surface area contributed by atoms with Gasteiger partial charge in [-0.3, -0.25) is 19.7 Å². The first-order valence-electron chi connectivity index (χ1n) is 21.9. The number of nitrogens with two attached hydrogens (primary N) is 1. The standard InChI is InChI=1S/C28H31NO5.C24H22O3.C4H9NO3/c1-19-21(11-8-12-23(19)22-9-6-5-7-10-22)14-13-20-15-25(33-3)24(26(16-20)34-4)17-29-28(2,18-30)27(31)32;1-17-19(10-7-11-21(17)20-8-5-4-6-9-20)13-12-18-14-23(26-2)22(16-25)24(15-18)27-3;1-4(5,2-6)3(7)8/h5-16,29-30H,17-18H2,1-4H3,(H,31,32);4-16H,1-3H3;6H,2,5H2,1H3,(H,7,8)/b14-13+;13-12+;/t28-;;4-/m0.0/s1. The summed E-state index contributed by atoms with van der Waals surface area (Å²) >= 11 is 0. The Bertz CT molecular complexity index is 2680. The van der Waals surface area contributed by atoms with Gasteiger partial charge in [-0.15, -0.1) is 0 Å². The average molecular weight is 939 g/mol. The van der Waals surface area contributed by atoms with Gasteiger partial charge in [-0.2, -0.15) is 0 Å². The highest BCUT2D eigenvalue weighted by Crippen LogP contribution is 2.34. The Labute approximate surface area is 404 Å². The number of carboxylic acids is 2. The van der Waals surface area contributed by atoms with Crippen molar-refractivity contribution in [2.75, 3.05) is 41.7 Å². The third-order valence-electron chi connectivity index (χ3n) is 11.4. The van der Waals surface area contributed by atoms with Crippen molar-refractivity contribution in [1.82, 2.24) is 5.32 Å². The molecule has 362 valence electrons. The molecule has 0 radical (unpaired) electrons. The zero-order chi connectivity index (χ0) is 50.7. The summed E-state index contributed by atoms with van der Waals surface area (Å²) in [5.41, 5.74) is 14.3. The number of benzene rings is 6. The van der Waals surface area contributed by atoms with Crippen LogP contribution in [0.3, 0.4) is 0 Å². The van der Waals surface area contributed by atoms with E-state index in [0.717, 1.165) is 28.5 Å². The summed E-state index contributed by atoms with van der Waals surface area (Å²) < 4.78 is 21.8. The summed E-state index contributed by atoms with van der Waals surface area (Å²) in [6, 6.07) is 40.6. The Kier molecular flexibility index (Phi) is 20.0. The monoisotopic (exact) mass is 938 g/mol. The van der Waals surface area contributed by atoms with E-state index in [2.05, 4.69) is 85.9 Å². The van der Waals surface area contributed by atoms with Crippen molar-refractivity contribution in [2.24, 2.45) is 5.73 Å². The number of ether oxygens (including phenoxy) is 4. The van der Waals surface area contributed by atoms with Gasteiger partial charge in [0.15, 0.2) is 6.29 Å². The number of aliphatic hydroxyl groups is 2. The van der Waals surface area contributed by atoms with Crippen molar-refractivity contribution in [3.63, 3.8) is 0 Å². The molecule has 0 aromatic heterocycles. The lowest BCUT2D eigenvalue weighted by molar-refractivity contribution is -0.146. The van der Waals surface area contributed by atoms with E-state index in [1.54, 1.807) is 28.4 Å². The number of methoxy groups -OCH3 is 4. The zero-order valence-corrected chi connectivity index (χ0v) is 40.3. The second kappa shape index (κ2) is 25.5. The van der Waals surface area contributed by atoms with E-state index in [1.807, 2.05) is 78.9 Å². The Morgan fingerprint density at radius 1 is 0.580 bits per heavy atom. The topological polar surface area (TPSA) is 207 Å². The van der Waals surface area contributed by atoms with Crippen LogP contribution in [0.5, 0.6) is 23.0 Å². The Morgan fingerprint density at radius 2 is 0.986 bits per heavy atom. The zero-order valence-electron chi connectivity index (χ0n) is 40.3. The number of hydrogen-bond donors (Lipinski definition) is 6. The molecular formula is C56H62N2O11. The molecular weight excluding hydrogens is 877 g/mol. The van der Waals surface area contributed by atoms with Crippen LogP contribution in [-0.2, 0) is 16.1 Å². The fraction of sp³-hybridized carbons (Fsp3) is 0.232. The van der Waals surface area contributed by atoms with Crippen LogP contribution in [0.25, 0.3) is 46.6 Å². The molecule has 69 heavy (non-hydrogen) atoms. The van der Waals surface area contributed by atoms with Gasteiger partial charge in [0.1, 0.15) is 34.1 Å². The number of rotatable bonds is 18. The SMILES string of the molecule is COc1cc(/C=C/c2cccc(-c3ccccc3)c2C)cc(OC)c1C=O.COc1cc(/C=C/c2cccc(-c3ccccc3)c2C)cc(OC)c1CN[C@@](C)(CO)C(=O)O.C[C@](N)(CO)C(=O)O. The van der Waals surface area contributed by atoms with Gasteiger partial charge in [0, 0.05) is 12.1 Å². The number of aliphatic carboxylic acids is 2. The van der Waals surface area contributed by atoms with Crippen molar-refractivity contribution in [3.05, 3.63) is 166 Å². The van der Waals surface area contributed by atoms with Gasteiger partial charge in [0.2, 0.25) is 0 Å². The van der Waals surface area contributed by atoms with Gasteiger partial charge in [-0.25, -0.2) is 0 Å². The molecule has 0 aliphatic rings. The minimum absolute atomic E-state index is 0.151. The second-order valence-electron chi connectivity index (χ2n) is 16.3. The maximum Gasteiger partial charge on any atom is 0.326 e. The third-order valence-corrected chi connectivity index (χ3v) is 11.4. The summed E-state index contributed by atoms with van der Waals surface area (Å²) in [6.45, 7) is 5.97. The quantitative estimate of drug-likeness (QED) is 0.0352. The van der Waals surface area contributed by atoms with Crippen LogP contribution in [0.15, 0.2) is 121 Å². The molecule has 2 atom stereocenters. The first-order valence-corrected chi connectivity index (χ1v) is 21.9. The molecule has 0 amide bonds. The molecule has 0 aliphatic heterocycles. The molecule has 0 fully saturated rings. The molecule has 13 nitrogen and oxygen atoms in total. The van der Waals surface area contributed by atoms with Gasteiger partial charge in [-0.05, 0) is 108 Å². The minimum Gasteiger partial charge on any atom is -0.496 e. The normalized spacial score (nSPS) is 12.6. The average Bonchev–Trinajstić information content (AvgIpc) is 3.37. The van der Waals surface area contributed by atoms with Crippen LogP contribution in [0.2, 0.25) is 0 Å². The number of hydrogen-bond acceptors (Lipinski definition) is 11. The molecule has 6 rings (SSSR count). The van der Waals surface area contributed by atoms with Crippen LogP contribution in [-0.4, -0.2) is 91.4 Å². The van der Waals surface area contributed by atoms with Crippen molar-refractivity contribution in [1.29, 1.82) is 0 Å². The lowest BCUT2D eigenvalue weighted by Crippen LogP contribution is -2.52. The maximum atomic E-state index is 11.5. The minimum atomic E-state index is -1.49. The Hall–Kier alpha value is -7.55. The largest absolute Gasteiger partial charge is 0.496 e. The molecule has 0 saturated heterocycles. The number of carboxylic acid groups (broad SMARTS) is 2. The van der Waals surface area contributed by atoms with Crippen LogP contribution in [0.4, 0.5) is 0 Å². The van der Waals surface area contributed by atoms with E-state index in [4.69, 9.17) is 34.9 Å². The first kappa shape index (κ1) is 54.1. The van der Waals surface area contributed by atoms with E-state index < -0.39 is 36.2 Å². The van der Waals surface area contributed by atoms with Crippen molar-refractivity contribution >= 4 is 42.5 Å².